The largest absolute Gasteiger partial charge is 0.489 e. The van der Waals surface area contributed by atoms with Crippen LogP contribution in [0, 0.1) is 11.6 Å². The lowest BCUT2D eigenvalue weighted by molar-refractivity contribution is 0.298. The van der Waals surface area contributed by atoms with Crippen molar-refractivity contribution >= 4 is 11.3 Å². The average molecular weight is 283 g/mol. The fraction of sp³-hybridized carbons (Fsp3) is 0.286. The van der Waals surface area contributed by atoms with Gasteiger partial charge in [-0.25, -0.2) is 8.78 Å². The van der Waals surface area contributed by atoms with Crippen LogP contribution >= 0.6 is 11.3 Å². The monoisotopic (exact) mass is 283 g/mol. The van der Waals surface area contributed by atoms with Crippen molar-refractivity contribution in [2.45, 2.75) is 6.42 Å². The molecule has 0 unspecified atom stereocenters. The maximum absolute atomic E-state index is 13.2. The minimum atomic E-state index is -0.668. The predicted octanol–water partition coefficient (Wildman–Crippen LogP) is 3.24. The summed E-state index contributed by atoms with van der Waals surface area (Å²) < 4.78 is 31.1. The van der Waals surface area contributed by atoms with Crippen molar-refractivity contribution in [1.29, 1.82) is 0 Å². The lowest BCUT2D eigenvalue weighted by Gasteiger charge is -2.08. The Labute approximate surface area is 115 Å². The van der Waals surface area contributed by atoms with Gasteiger partial charge in [0.25, 0.3) is 0 Å². The van der Waals surface area contributed by atoms with Crippen molar-refractivity contribution in [2.24, 2.45) is 0 Å². The number of thiophene rings is 1. The van der Waals surface area contributed by atoms with E-state index in [1.165, 1.54) is 17.0 Å². The Morgan fingerprint density at radius 3 is 2.79 bits per heavy atom. The maximum atomic E-state index is 13.2. The van der Waals surface area contributed by atoms with E-state index >= 15 is 0 Å². The van der Waals surface area contributed by atoms with Crippen LogP contribution in [0.5, 0.6) is 5.75 Å². The molecular formula is C14H15F2NOS. The first-order valence-electron chi connectivity index (χ1n) is 6.06. The first-order chi connectivity index (χ1) is 9.25. The van der Waals surface area contributed by atoms with E-state index in [9.17, 15) is 8.78 Å². The quantitative estimate of drug-likeness (QED) is 0.788. The molecule has 0 saturated heterocycles. The van der Waals surface area contributed by atoms with Gasteiger partial charge >= 0.3 is 0 Å². The minimum Gasteiger partial charge on any atom is -0.489 e. The molecule has 19 heavy (non-hydrogen) atoms. The number of halogens is 2. The topological polar surface area (TPSA) is 21.3 Å². The molecule has 0 aliphatic carbocycles. The third-order valence-electron chi connectivity index (χ3n) is 2.56. The van der Waals surface area contributed by atoms with Crippen LogP contribution < -0.4 is 10.1 Å². The highest BCUT2D eigenvalue weighted by Gasteiger charge is 2.04. The van der Waals surface area contributed by atoms with Gasteiger partial charge in [0.2, 0.25) is 0 Å². The van der Waals surface area contributed by atoms with E-state index in [4.69, 9.17) is 4.74 Å². The highest BCUT2D eigenvalue weighted by Crippen LogP contribution is 2.17. The lowest BCUT2D eigenvalue weighted by atomic mass is 10.3. The van der Waals surface area contributed by atoms with Crippen molar-refractivity contribution in [2.75, 3.05) is 19.7 Å². The molecular weight excluding hydrogens is 268 g/mol. The summed E-state index contributed by atoms with van der Waals surface area (Å²) in [5, 5.41) is 5.26. The summed E-state index contributed by atoms with van der Waals surface area (Å²) in [6.07, 6.45) is 0.975. The molecule has 1 aromatic heterocycles. The molecule has 2 aromatic rings. The number of hydrogen-bond donors (Lipinski definition) is 1. The Morgan fingerprint density at radius 1 is 1.16 bits per heavy atom. The second-order valence-electron chi connectivity index (χ2n) is 4.00. The first kappa shape index (κ1) is 14.0. The van der Waals surface area contributed by atoms with Gasteiger partial charge in [0.1, 0.15) is 12.4 Å². The Hall–Kier alpha value is -1.46. The minimum absolute atomic E-state index is 0.0847. The molecule has 0 bridgehead atoms. The van der Waals surface area contributed by atoms with E-state index in [-0.39, 0.29) is 5.75 Å². The van der Waals surface area contributed by atoms with Gasteiger partial charge in [0, 0.05) is 24.0 Å². The van der Waals surface area contributed by atoms with Crippen LogP contribution in [-0.2, 0) is 6.42 Å². The molecule has 0 aliphatic heterocycles. The Morgan fingerprint density at radius 2 is 2.05 bits per heavy atom. The number of rotatable bonds is 7. The molecule has 2 rings (SSSR count). The zero-order valence-corrected chi connectivity index (χ0v) is 11.2. The third kappa shape index (κ3) is 4.61. The van der Waals surface area contributed by atoms with E-state index in [2.05, 4.69) is 16.8 Å². The van der Waals surface area contributed by atoms with Gasteiger partial charge < -0.3 is 10.1 Å². The van der Waals surface area contributed by atoms with Crippen LogP contribution in [0.4, 0.5) is 8.78 Å². The van der Waals surface area contributed by atoms with Gasteiger partial charge in [-0.3, -0.25) is 0 Å². The highest BCUT2D eigenvalue weighted by molar-refractivity contribution is 7.09. The highest BCUT2D eigenvalue weighted by atomic mass is 32.1. The van der Waals surface area contributed by atoms with Crippen molar-refractivity contribution in [3.8, 4) is 5.75 Å². The second kappa shape index (κ2) is 7.21. The van der Waals surface area contributed by atoms with E-state index in [1.807, 2.05) is 6.07 Å². The van der Waals surface area contributed by atoms with E-state index in [1.54, 1.807) is 11.3 Å². The van der Waals surface area contributed by atoms with Gasteiger partial charge in [0.05, 0.1) is 0 Å². The van der Waals surface area contributed by atoms with E-state index in [0.29, 0.717) is 13.2 Å². The summed E-state index contributed by atoms with van der Waals surface area (Å²) in [4.78, 5) is 1.33. The summed E-state index contributed by atoms with van der Waals surface area (Å²) >= 11 is 1.73. The Kier molecular flexibility index (Phi) is 5.30. The first-order valence-corrected chi connectivity index (χ1v) is 6.94. The molecule has 1 aromatic carbocycles. The normalized spacial score (nSPS) is 10.6. The number of hydrogen-bond acceptors (Lipinski definition) is 3. The van der Waals surface area contributed by atoms with Crippen LogP contribution in [0.25, 0.3) is 0 Å². The summed E-state index contributed by atoms with van der Waals surface area (Å²) in [6, 6.07) is 7.43. The van der Waals surface area contributed by atoms with E-state index < -0.39 is 11.6 Å². The molecule has 0 spiro atoms. The van der Waals surface area contributed by atoms with Crippen molar-refractivity contribution in [1.82, 2.24) is 5.32 Å². The zero-order valence-electron chi connectivity index (χ0n) is 10.4. The fourth-order valence-corrected chi connectivity index (χ4v) is 2.33. The number of nitrogens with one attached hydrogen (secondary N) is 1. The molecule has 0 aliphatic rings. The fourth-order valence-electron chi connectivity index (χ4n) is 1.62. The van der Waals surface area contributed by atoms with Crippen LogP contribution in [0.15, 0.2) is 35.7 Å². The number of ether oxygens (including phenoxy) is 1. The van der Waals surface area contributed by atoms with Crippen molar-refractivity contribution in [3.05, 3.63) is 52.2 Å². The second-order valence-corrected chi connectivity index (χ2v) is 5.03. The molecule has 102 valence electrons. The molecule has 1 heterocycles. The smallest absolute Gasteiger partial charge is 0.167 e. The lowest BCUT2D eigenvalue weighted by Crippen LogP contribution is -2.23. The summed E-state index contributed by atoms with van der Waals surface area (Å²) in [7, 11) is 0. The predicted molar refractivity (Wildman–Crippen MR) is 72.7 cm³/mol. The van der Waals surface area contributed by atoms with Gasteiger partial charge in [-0.15, -0.1) is 11.3 Å². The van der Waals surface area contributed by atoms with Crippen molar-refractivity contribution in [3.63, 3.8) is 0 Å². The molecule has 0 atom stereocenters. The average Bonchev–Trinajstić information content (AvgIpc) is 2.89. The summed E-state index contributed by atoms with van der Waals surface area (Å²) in [5.41, 5.74) is 0. The van der Waals surface area contributed by atoms with Crippen molar-refractivity contribution < 1.29 is 13.5 Å². The standard InChI is InChI=1S/C14H15F2NOS/c15-11-3-4-14(13(16)10-11)18-8-7-17-6-5-12-2-1-9-19-12/h1-4,9-10,17H,5-8H2. The maximum Gasteiger partial charge on any atom is 0.167 e. The third-order valence-corrected chi connectivity index (χ3v) is 3.49. The van der Waals surface area contributed by atoms with Crippen LogP contribution in [0.3, 0.4) is 0 Å². The Bertz CT molecular complexity index is 502. The summed E-state index contributed by atoms with van der Waals surface area (Å²) in [6.45, 7) is 1.84. The van der Waals surface area contributed by atoms with Gasteiger partial charge in [0.15, 0.2) is 11.6 Å². The SMILES string of the molecule is Fc1ccc(OCCNCCc2cccs2)c(F)c1. The van der Waals surface area contributed by atoms with Crippen LogP contribution in [0.2, 0.25) is 0 Å². The van der Waals surface area contributed by atoms with Gasteiger partial charge in [-0.05, 0) is 30.0 Å². The molecule has 5 heteroatoms. The Balaban J connectivity index is 1.61. The molecule has 0 fully saturated rings. The van der Waals surface area contributed by atoms with Crippen LogP contribution in [-0.4, -0.2) is 19.7 Å². The summed E-state index contributed by atoms with van der Waals surface area (Å²) in [5.74, 6) is -1.18. The van der Waals surface area contributed by atoms with Crippen LogP contribution in [0.1, 0.15) is 4.88 Å². The number of benzene rings is 1. The van der Waals surface area contributed by atoms with Gasteiger partial charge in [-0.2, -0.15) is 0 Å². The molecule has 0 radical (unpaired) electrons. The zero-order chi connectivity index (χ0) is 13.5. The van der Waals surface area contributed by atoms with E-state index in [0.717, 1.165) is 19.0 Å². The van der Waals surface area contributed by atoms with Gasteiger partial charge in [-0.1, -0.05) is 6.07 Å². The molecule has 1 N–H and O–H groups in total. The molecule has 0 saturated carbocycles. The molecule has 2 nitrogen and oxygen atoms in total. The molecule has 0 amide bonds.